The third-order valence-corrected chi connectivity index (χ3v) is 6.13. The molecule has 8 heteroatoms. The molecule has 0 aromatic heterocycles. The van der Waals surface area contributed by atoms with Gasteiger partial charge >= 0.3 is 0 Å². The third-order valence-electron chi connectivity index (χ3n) is 3.83. The smallest absolute Gasteiger partial charge is 0.229 e. The Kier molecular flexibility index (Phi) is 4.64. The number of phenols is 1. The lowest BCUT2D eigenvalue weighted by Gasteiger charge is -2.12. The van der Waals surface area contributed by atoms with Crippen LogP contribution < -0.4 is 4.72 Å². The standard InChI is InChI=1S/C18H17NO5S2/c1-25(21,22)19-16-9-5-8-15-14(16)10-11-17(18(15)20)26(23,24)12-13-6-3-2-4-7-13/h2-11,19-20H,12H2,1H3. The van der Waals surface area contributed by atoms with E-state index in [2.05, 4.69) is 4.72 Å². The molecule has 0 aliphatic heterocycles. The van der Waals surface area contributed by atoms with Crippen LogP contribution in [0.5, 0.6) is 5.75 Å². The van der Waals surface area contributed by atoms with Gasteiger partial charge in [0.15, 0.2) is 9.84 Å². The van der Waals surface area contributed by atoms with Gasteiger partial charge in [-0.05, 0) is 17.7 Å². The van der Waals surface area contributed by atoms with E-state index in [1.165, 1.54) is 12.1 Å². The van der Waals surface area contributed by atoms with Gasteiger partial charge in [0.2, 0.25) is 10.0 Å². The van der Waals surface area contributed by atoms with Crippen molar-refractivity contribution in [1.82, 2.24) is 0 Å². The van der Waals surface area contributed by atoms with E-state index >= 15 is 0 Å². The number of rotatable bonds is 5. The zero-order valence-electron chi connectivity index (χ0n) is 13.9. The van der Waals surface area contributed by atoms with Crippen LogP contribution in [-0.4, -0.2) is 28.2 Å². The van der Waals surface area contributed by atoms with Gasteiger partial charge in [-0.1, -0.05) is 48.5 Å². The summed E-state index contributed by atoms with van der Waals surface area (Å²) in [4.78, 5) is -0.189. The minimum Gasteiger partial charge on any atom is -0.506 e. The third kappa shape index (κ3) is 3.81. The molecule has 3 rings (SSSR count). The monoisotopic (exact) mass is 391 g/mol. The summed E-state index contributed by atoms with van der Waals surface area (Å²) < 4.78 is 50.8. The first-order valence-electron chi connectivity index (χ1n) is 7.66. The van der Waals surface area contributed by atoms with Gasteiger partial charge in [0.05, 0.1) is 17.7 Å². The Bertz CT molecular complexity index is 1170. The Morgan fingerprint density at radius 3 is 2.19 bits per heavy atom. The minimum atomic E-state index is -3.77. The van der Waals surface area contributed by atoms with Crippen molar-refractivity contribution in [2.75, 3.05) is 11.0 Å². The minimum absolute atomic E-state index is 0.189. The second-order valence-corrected chi connectivity index (χ2v) is 9.64. The lowest BCUT2D eigenvalue weighted by molar-refractivity contribution is 0.465. The Hall–Kier alpha value is -2.58. The highest BCUT2D eigenvalue weighted by Crippen LogP contribution is 2.36. The van der Waals surface area contributed by atoms with Crippen LogP contribution >= 0.6 is 0 Å². The molecule has 136 valence electrons. The summed E-state index contributed by atoms with van der Waals surface area (Å²) in [6.07, 6.45) is 1.02. The number of hydrogen-bond acceptors (Lipinski definition) is 5. The van der Waals surface area contributed by atoms with Gasteiger partial charge in [0.25, 0.3) is 0 Å². The quantitative estimate of drug-likeness (QED) is 0.696. The Balaban J connectivity index is 2.10. The molecule has 0 bridgehead atoms. The van der Waals surface area contributed by atoms with E-state index in [1.807, 2.05) is 0 Å². The van der Waals surface area contributed by atoms with Crippen molar-refractivity contribution in [3.8, 4) is 5.75 Å². The number of sulfonamides is 1. The van der Waals surface area contributed by atoms with E-state index in [9.17, 15) is 21.9 Å². The van der Waals surface area contributed by atoms with E-state index in [-0.39, 0.29) is 21.7 Å². The Morgan fingerprint density at radius 2 is 1.54 bits per heavy atom. The molecule has 0 saturated heterocycles. The molecule has 0 unspecified atom stereocenters. The number of benzene rings is 3. The summed E-state index contributed by atoms with van der Waals surface area (Å²) in [5, 5.41) is 11.2. The lowest BCUT2D eigenvalue weighted by Crippen LogP contribution is -2.10. The molecule has 0 spiro atoms. The molecular formula is C18H17NO5S2. The number of hydrogen-bond donors (Lipinski definition) is 2. The van der Waals surface area contributed by atoms with Gasteiger partial charge in [-0.3, -0.25) is 4.72 Å². The van der Waals surface area contributed by atoms with Crippen LogP contribution in [-0.2, 0) is 25.6 Å². The van der Waals surface area contributed by atoms with Crippen molar-refractivity contribution >= 4 is 36.3 Å². The number of phenolic OH excluding ortho intramolecular Hbond substituents is 1. The summed E-state index contributed by atoms with van der Waals surface area (Å²) in [5.41, 5.74) is 0.881. The second-order valence-electron chi connectivity index (χ2n) is 5.93. The van der Waals surface area contributed by atoms with Crippen LogP contribution in [0, 0.1) is 0 Å². The largest absolute Gasteiger partial charge is 0.506 e. The second kappa shape index (κ2) is 6.62. The van der Waals surface area contributed by atoms with Gasteiger partial charge in [0.1, 0.15) is 10.6 Å². The fourth-order valence-corrected chi connectivity index (χ4v) is 4.78. The average molecular weight is 391 g/mol. The Labute approximate surface area is 152 Å². The van der Waals surface area contributed by atoms with Crippen LogP contribution in [0.3, 0.4) is 0 Å². The molecule has 3 aromatic carbocycles. The summed E-state index contributed by atoms with van der Waals surface area (Å²) in [6.45, 7) is 0. The fraction of sp³-hybridized carbons (Fsp3) is 0.111. The maximum atomic E-state index is 12.7. The van der Waals surface area contributed by atoms with E-state index in [0.29, 0.717) is 10.9 Å². The van der Waals surface area contributed by atoms with Crippen molar-refractivity contribution in [2.45, 2.75) is 10.6 Å². The number of sulfone groups is 1. The van der Waals surface area contributed by atoms with Crippen LogP contribution in [0.4, 0.5) is 5.69 Å². The zero-order valence-corrected chi connectivity index (χ0v) is 15.5. The summed E-state index contributed by atoms with van der Waals surface area (Å²) >= 11 is 0. The van der Waals surface area contributed by atoms with Gasteiger partial charge in [-0.25, -0.2) is 16.8 Å². The van der Waals surface area contributed by atoms with Crippen LogP contribution in [0.1, 0.15) is 5.56 Å². The predicted molar refractivity (Wildman–Crippen MR) is 101 cm³/mol. The fourth-order valence-electron chi connectivity index (χ4n) is 2.73. The van der Waals surface area contributed by atoms with Crippen molar-refractivity contribution in [2.24, 2.45) is 0 Å². The van der Waals surface area contributed by atoms with Gasteiger partial charge in [-0.2, -0.15) is 0 Å². The van der Waals surface area contributed by atoms with E-state index in [1.54, 1.807) is 48.5 Å². The van der Waals surface area contributed by atoms with Crippen molar-refractivity contribution < 1.29 is 21.9 Å². The van der Waals surface area contributed by atoms with Gasteiger partial charge in [-0.15, -0.1) is 0 Å². The van der Waals surface area contributed by atoms with Crippen molar-refractivity contribution in [3.63, 3.8) is 0 Å². The summed E-state index contributed by atoms with van der Waals surface area (Å²) in [6, 6.07) is 16.1. The van der Waals surface area contributed by atoms with E-state index in [0.717, 1.165) is 6.26 Å². The molecule has 0 heterocycles. The van der Waals surface area contributed by atoms with Crippen LogP contribution in [0.2, 0.25) is 0 Å². The zero-order chi connectivity index (χ0) is 18.9. The molecule has 2 N–H and O–H groups in total. The van der Waals surface area contributed by atoms with Crippen molar-refractivity contribution in [1.29, 1.82) is 0 Å². The maximum Gasteiger partial charge on any atom is 0.229 e. The lowest BCUT2D eigenvalue weighted by atomic mass is 10.1. The Morgan fingerprint density at radius 1 is 0.846 bits per heavy atom. The van der Waals surface area contributed by atoms with E-state index in [4.69, 9.17) is 0 Å². The molecule has 3 aromatic rings. The topological polar surface area (TPSA) is 101 Å². The highest BCUT2D eigenvalue weighted by atomic mass is 32.2. The number of fused-ring (bicyclic) bond motifs is 1. The molecule has 0 radical (unpaired) electrons. The normalized spacial score (nSPS) is 12.2. The number of nitrogens with one attached hydrogen (secondary N) is 1. The molecule has 0 aliphatic rings. The first kappa shape index (κ1) is 18.2. The first-order chi connectivity index (χ1) is 12.2. The first-order valence-corrected chi connectivity index (χ1v) is 11.2. The molecule has 0 fully saturated rings. The predicted octanol–water partition coefficient (Wildman–Crippen LogP) is 2.89. The molecule has 0 atom stereocenters. The highest BCUT2D eigenvalue weighted by Gasteiger charge is 2.22. The SMILES string of the molecule is CS(=O)(=O)Nc1cccc2c(O)c(S(=O)(=O)Cc3ccccc3)ccc12. The van der Waals surface area contributed by atoms with Crippen molar-refractivity contribution in [3.05, 3.63) is 66.2 Å². The molecule has 0 amide bonds. The highest BCUT2D eigenvalue weighted by molar-refractivity contribution is 7.92. The van der Waals surface area contributed by atoms with E-state index < -0.39 is 25.6 Å². The van der Waals surface area contributed by atoms with Crippen LogP contribution in [0.25, 0.3) is 10.8 Å². The molecule has 6 nitrogen and oxygen atoms in total. The number of anilines is 1. The molecule has 0 saturated carbocycles. The van der Waals surface area contributed by atoms with Gasteiger partial charge < -0.3 is 5.11 Å². The molecular weight excluding hydrogens is 374 g/mol. The molecule has 0 aliphatic carbocycles. The molecule has 26 heavy (non-hydrogen) atoms. The maximum absolute atomic E-state index is 12.7. The number of aromatic hydroxyl groups is 1. The summed E-state index contributed by atoms with van der Waals surface area (Å²) in [7, 11) is -7.28. The van der Waals surface area contributed by atoms with Gasteiger partial charge in [0, 0.05) is 10.8 Å². The van der Waals surface area contributed by atoms with Crippen LogP contribution in [0.15, 0.2) is 65.6 Å². The average Bonchev–Trinajstić information content (AvgIpc) is 2.55. The summed E-state index contributed by atoms with van der Waals surface area (Å²) in [5.74, 6) is -0.635.